The molecule has 2 atom stereocenters. The van der Waals surface area contributed by atoms with Crippen LogP contribution in [0.1, 0.15) is 29.3 Å². The number of urea groups is 1. The lowest BCUT2D eigenvalue weighted by molar-refractivity contribution is -0.133. The predicted molar refractivity (Wildman–Crippen MR) is 141 cm³/mol. The van der Waals surface area contributed by atoms with Crippen LogP contribution in [0.15, 0.2) is 36.4 Å². The molecule has 208 valence electrons. The number of imide groups is 1. The van der Waals surface area contributed by atoms with Crippen molar-refractivity contribution in [3.05, 3.63) is 52.5 Å². The fraction of sp³-hybridized carbons (Fsp3) is 0.346. The molecule has 39 heavy (non-hydrogen) atoms. The average molecular weight is 561 g/mol. The summed E-state index contributed by atoms with van der Waals surface area (Å²) in [4.78, 5) is 64.1. The van der Waals surface area contributed by atoms with Gasteiger partial charge in [0.1, 0.15) is 23.9 Å². The van der Waals surface area contributed by atoms with Crippen LogP contribution in [0.25, 0.3) is 0 Å². The summed E-state index contributed by atoms with van der Waals surface area (Å²) in [5.41, 5.74) is 0.565. The number of hydrogen-bond acceptors (Lipinski definition) is 7. The first kappa shape index (κ1) is 29.2. The fourth-order valence-corrected chi connectivity index (χ4v) is 4.34. The number of carboxylic acid groups (broad SMARTS) is 1. The summed E-state index contributed by atoms with van der Waals surface area (Å²) >= 11 is 6.11. The summed E-state index contributed by atoms with van der Waals surface area (Å²) in [7, 11) is 2.74. The molecule has 2 aromatic carbocycles. The molecule has 0 radical (unpaired) electrons. The van der Waals surface area contributed by atoms with Gasteiger partial charge in [0.05, 0.1) is 25.8 Å². The average Bonchev–Trinajstić information content (AvgIpc) is 3.05. The summed E-state index contributed by atoms with van der Waals surface area (Å²) in [6, 6.07) is 7.13. The number of nitrogens with zero attached hydrogens (tertiary/aromatic N) is 1. The van der Waals surface area contributed by atoms with Gasteiger partial charge in [-0.25, -0.2) is 9.59 Å². The lowest BCUT2D eigenvalue weighted by Crippen LogP contribution is -2.53. The van der Waals surface area contributed by atoms with E-state index in [2.05, 4.69) is 16.0 Å². The molecule has 0 aliphatic carbocycles. The van der Waals surface area contributed by atoms with E-state index >= 15 is 0 Å². The maximum atomic E-state index is 13.4. The Bertz CT molecular complexity index is 1280. The number of nitrogens with one attached hydrogen (secondary N) is 3. The second kappa shape index (κ2) is 13.0. The van der Waals surface area contributed by atoms with Gasteiger partial charge in [-0.15, -0.1) is 0 Å². The minimum absolute atomic E-state index is 0.00544. The summed E-state index contributed by atoms with van der Waals surface area (Å²) in [5, 5.41) is 17.5. The van der Waals surface area contributed by atoms with Gasteiger partial charge < -0.3 is 30.5 Å². The number of ether oxygens (including phenoxy) is 2. The Morgan fingerprint density at radius 3 is 2.56 bits per heavy atom. The Kier molecular flexibility index (Phi) is 9.72. The Hall–Kier alpha value is -4.32. The van der Waals surface area contributed by atoms with Gasteiger partial charge in [0, 0.05) is 11.6 Å². The molecule has 0 bridgehead atoms. The number of anilines is 1. The number of para-hydroxylation sites is 1. The second-order valence-electron chi connectivity index (χ2n) is 8.68. The number of aromatic carboxylic acids is 1. The molecule has 4 N–H and O–H groups in total. The first-order valence-electron chi connectivity index (χ1n) is 12.0. The van der Waals surface area contributed by atoms with E-state index in [1.54, 1.807) is 25.1 Å². The number of hydrogen-bond donors (Lipinski definition) is 4. The van der Waals surface area contributed by atoms with E-state index in [0.29, 0.717) is 16.3 Å². The molecule has 2 aromatic rings. The van der Waals surface area contributed by atoms with Crippen LogP contribution >= 0.6 is 11.6 Å². The van der Waals surface area contributed by atoms with Crippen molar-refractivity contribution in [3.63, 3.8) is 0 Å². The van der Waals surface area contributed by atoms with E-state index in [4.69, 9.17) is 21.1 Å². The Morgan fingerprint density at radius 1 is 1.18 bits per heavy atom. The van der Waals surface area contributed by atoms with Gasteiger partial charge in [-0.3, -0.25) is 19.3 Å². The Balaban J connectivity index is 1.77. The van der Waals surface area contributed by atoms with E-state index < -0.39 is 48.2 Å². The molecule has 0 spiro atoms. The van der Waals surface area contributed by atoms with E-state index in [0.717, 1.165) is 4.90 Å². The SMILES string of the molecule is CC[C@@H](NC(=O)N1CC(=O)NCC(Cc2cc(Cl)ccc2OC)C1=O)C(=O)Nc1cccc(C(=O)O)c1OC. The fourth-order valence-electron chi connectivity index (χ4n) is 4.15. The molecular formula is C26H29ClN4O8. The zero-order chi connectivity index (χ0) is 28.7. The van der Waals surface area contributed by atoms with Crippen molar-refractivity contribution in [1.82, 2.24) is 15.5 Å². The number of amides is 5. The van der Waals surface area contributed by atoms with Gasteiger partial charge in [-0.2, -0.15) is 0 Å². The third-order valence-electron chi connectivity index (χ3n) is 6.15. The number of benzene rings is 2. The topological polar surface area (TPSA) is 163 Å². The summed E-state index contributed by atoms with van der Waals surface area (Å²) < 4.78 is 10.5. The lowest BCUT2D eigenvalue weighted by Gasteiger charge is -2.25. The third kappa shape index (κ3) is 6.96. The minimum atomic E-state index is -1.24. The second-order valence-corrected chi connectivity index (χ2v) is 9.11. The Morgan fingerprint density at radius 2 is 1.92 bits per heavy atom. The third-order valence-corrected chi connectivity index (χ3v) is 6.38. The highest BCUT2D eigenvalue weighted by atomic mass is 35.5. The van der Waals surface area contributed by atoms with Gasteiger partial charge in [0.25, 0.3) is 0 Å². The van der Waals surface area contributed by atoms with E-state index in [-0.39, 0.29) is 36.4 Å². The van der Waals surface area contributed by atoms with Crippen LogP contribution in [-0.2, 0) is 20.8 Å². The van der Waals surface area contributed by atoms with Crippen LogP contribution in [0.3, 0.4) is 0 Å². The van der Waals surface area contributed by atoms with Crippen LogP contribution in [0, 0.1) is 5.92 Å². The number of carbonyl (C=O) groups is 5. The van der Waals surface area contributed by atoms with Crippen molar-refractivity contribution >= 4 is 47.0 Å². The van der Waals surface area contributed by atoms with Crippen LogP contribution in [0.4, 0.5) is 10.5 Å². The maximum Gasteiger partial charge on any atom is 0.339 e. The highest BCUT2D eigenvalue weighted by Gasteiger charge is 2.36. The predicted octanol–water partition coefficient (Wildman–Crippen LogP) is 2.30. The Labute approximate surface area is 229 Å². The van der Waals surface area contributed by atoms with E-state index in [9.17, 15) is 29.1 Å². The number of halogens is 1. The largest absolute Gasteiger partial charge is 0.496 e. The zero-order valence-corrected chi connectivity index (χ0v) is 22.3. The number of methoxy groups -OCH3 is 2. The van der Waals surface area contributed by atoms with Gasteiger partial charge in [-0.1, -0.05) is 24.6 Å². The zero-order valence-electron chi connectivity index (χ0n) is 21.6. The summed E-state index contributed by atoms with van der Waals surface area (Å²) in [6.45, 7) is 1.11. The number of rotatable bonds is 9. The van der Waals surface area contributed by atoms with Crippen LogP contribution in [0.2, 0.25) is 5.02 Å². The standard InChI is InChI=1S/C26H29ClN4O8/c1-4-18(23(33)29-19-7-5-6-17(25(35)36)22(19)39-3)30-26(37)31-13-21(32)28-12-15(24(31)34)10-14-11-16(27)8-9-20(14)38-2/h5-9,11,15,18H,4,10,12-13H2,1-3H3,(H,28,32)(H,29,33)(H,30,37)(H,35,36)/t15?,18-/m1/s1. The van der Waals surface area contributed by atoms with Gasteiger partial charge in [0.2, 0.25) is 17.7 Å². The van der Waals surface area contributed by atoms with Crippen molar-refractivity contribution in [3.8, 4) is 11.5 Å². The normalized spacial score (nSPS) is 16.0. The number of carboxylic acids is 1. The highest BCUT2D eigenvalue weighted by molar-refractivity contribution is 6.30. The van der Waals surface area contributed by atoms with E-state index in [1.165, 1.54) is 32.4 Å². The quantitative estimate of drug-likeness (QED) is 0.363. The first-order chi connectivity index (χ1) is 18.6. The molecule has 1 unspecified atom stereocenters. The summed E-state index contributed by atoms with van der Waals surface area (Å²) in [6.07, 6.45) is 0.278. The van der Waals surface area contributed by atoms with Gasteiger partial charge >= 0.3 is 12.0 Å². The molecule has 3 rings (SSSR count). The smallest absolute Gasteiger partial charge is 0.339 e. The van der Waals surface area contributed by atoms with Crippen molar-refractivity contribution in [2.45, 2.75) is 25.8 Å². The van der Waals surface area contributed by atoms with Crippen molar-refractivity contribution in [2.24, 2.45) is 5.92 Å². The molecule has 0 aromatic heterocycles. The molecule has 13 heteroatoms. The van der Waals surface area contributed by atoms with Crippen molar-refractivity contribution in [2.75, 3.05) is 32.6 Å². The molecule has 1 fully saturated rings. The molecule has 1 aliphatic rings. The monoisotopic (exact) mass is 560 g/mol. The lowest BCUT2D eigenvalue weighted by atomic mass is 9.97. The van der Waals surface area contributed by atoms with Crippen LogP contribution < -0.4 is 25.4 Å². The van der Waals surface area contributed by atoms with Gasteiger partial charge in [0.15, 0.2) is 5.75 Å². The molecule has 5 amide bonds. The summed E-state index contributed by atoms with van der Waals surface area (Å²) in [5.74, 6) is -3.41. The number of carbonyl (C=O) groups excluding carboxylic acids is 4. The molecule has 1 saturated heterocycles. The maximum absolute atomic E-state index is 13.4. The first-order valence-corrected chi connectivity index (χ1v) is 12.4. The molecule has 0 saturated carbocycles. The van der Waals surface area contributed by atoms with Crippen molar-refractivity contribution < 1.29 is 38.6 Å². The molecule has 1 heterocycles. The molecule has 12 nitrogen and oxygen atoms in total. The van der Waals surface area contributed by atoms with Crippen molar-refractivity contribution in [1.29, 1.82) is 0 Å². The van der Waals surface area contributed by atoms with Gasteiger partial charge in [-0.05, 0) is 48.7 Å². The molecular weight excluding hydrogens is 532 g/mol. The molecule has 1 aliphatic heterocycles. The highest BCUT2D eigenvalue weighted by Crippen LogP contribution is 2.29. The van der Waals surface area contributed by atoms with Crippen LogP contribution in [0.5, 0.6) is 11.5 Å². The van der Waals surface area contributed by atoms with E-state index in [1.807, 2.05) is 0 Å². The van der Waals surface area contributed by atoms with Crippen LogP contribution in [-0.4, -0.2) is 73.1 Å². The minimum Gasteiger partial charge on any atom is -0.496 e.